The topological polar surface area (TPSA) is 48.7 Å². The molecule has 82 valence electrons. The van der Waals surface area contributed by atoms with E-state index in [4.69, 9.17) is 13.9 Å². The van der Waals surface area contributed by atoms with Gasteiger partial charge in [-0.15, -0.1) is 0 Å². The molecule has 2 heterocycles. The summed E-state index contributed by atoms with van der Waals surface area (Å²) in [6.07, 6.45) is 2.70. The molecule has 0 spiro atoms. The van der Waals surface area contributed by atoms with Gasteiger partial charge in [-0.05, 0) is 18.6 Å². The van der Waals surface area contributed by atoms with E-state index < -0.39 is 0 Å². The summed E-state index contributed by atoms with van der Waals surface area (Å²) in [5.41, 5.74) is 1.61. The van der Waals surface area contributed by atoms with Gasteiger partial charge in [0.05, 0.1) is 19.8 Å². The third-order valence-electron chi connectivity index (χ3n) is 2.75. The number of ether oxygens (including phenoxy) is 2. The highest BCUT2D eigenvalue weighted by molar-refractivity contribution is 5.90. The van der Waals surface area contributed by atoms with E-state index in [0.717, 1.165) is 10.9 Å². The lowest BCUT2D eigenvalue weighted by atomic mass is 10.0. The van der Waals surface area contributed by atoms with Crippen molar-refractivity contribution in [3.8, 4) is 11.5 Å². The first-order valence-electron chi connectivity index (χ1n) is 5.07. The minimum atomic E-state index is -0.225. The van der Waals surface area contributed by atoms with Crippen LogP contribution in [0.4, 0.5) is 0 Å². The average molecular weight is 218 g/mol. The van der Waals surface area contributed by atoms with Crippen molar-refractivity contribution in [2.24, 2.45) is 0 Å². The standard InChI is InChI=1S/C12H10O4/c1-14-12-10-8(4-5-15-10)6-7-2-3-9(13)16-11(7)12/h4-6H,2-3H2,1H3. The molecule has 0 unspecified atom stereocenters. The molecule has 1 aromatic carbocycles. The van der Waals surface area contributed by atoms with Crippen LogP contribution in [0.2, 0.25) is 0 Å². The molecule has 0 fully saturated rings. The van der Waals surface area contributed by atoms with Gasteiger partial charge in [-0.1, -0.05) is 0 Å². The molecule has 0 saturated heterocycles. The van der Waals surface area contributed by atoms with Crippen LogP contribution in [0.1, 0.15) is 12.0 Å². The van der Waals surface area contributed by atoms with Gasteiger partial charge in [0.15, 0.2) is 11.3 Å². The number of carbonyl (C=O) groups excluding carboxylic acids is 1. The first kappa shape index (κ1) is 9.27. The summed E-state index contributed by atoms with van der Waals surface area (Å²) in [6, 6.07) is 3.84. The Hall–Kier alpha value is -1.97. The molecule has 1 aliphatic rings. The fourth-order valence-electron chi connectivity index (χ4n) is 2.00. The Bertz CT molecular complexity index is 568. The van der Waals surface area contributed by atoms with E-state index in [1.807, 2.05) is 12.1 Å². The van der Waals surface area contributed by atoms with Gasteiger partial charge < -0.3 is 13.9 Å². The SMILES string of the molecule is COc1c2c(cc3ccoc13)CCC(=O)O2. The van der Waals surface area contributed by atoms with Crippen molar-refractivity contribution >= 4 is 16.9 Å². The molecular formula is C12H10O4. The van der Waals surface area contributed by atoms with Crippen molar-refractivity contribution in [3.63, 3.8) is 0 Å². The Morgan fingerprint density at radius 2 is 2.25 bits per heavy atom. The number of esters is 1. The summed E-state index contributed by atoms with van der Waals surface area (Å²) >= 11 is 0. The van der Waals surface area contributed by atoms with Crippen LogP contribution >= 0.6 is 0 Å². The summed E-state index contributed by atoms with van der Waals surface area (Å²) < 4.78 is 15.8. The van der Waals surface area contributed by atoms with Crippen molar-refractivity contribution in [2.45, 2.75) is 12.8 Å². The molecule has 3 rings (SSSR count). The molecule has 0 bridgehead atoms. The van der Waals surface area contributed by atoms with Crippen molar-refractivity contribution in [3.05, 3.63) is 24.0 Å². The number of furan rings is 1. The normalized spacial score (nSPS) is 14.7. The molecule has 4 nitrogen and oxygen atoms in total. The second-order valence-corrected chi connectivity index (χ2v) is 3.71. The largest absolute Gasteiger partial charge is 0.490 e. The third kappa shape index (κ3) is 1.19. The van der Waals surface area contributed by atoms with E-state index in [1.54, 1.807) is 13.4 Å². The molecule has 0 radical (unpaired) electrons. The molecule has 4 heteroatoms. The van der Waals surface area contributed by atoms with Crippen LogP contribution in [0.25, 0.3) is 11.0 Å². The smallest absolute Gasteiger partial charge is 0.311 e. The number of benzene rings is 1. The van der Waals surface area contributed by atoms with Gasteiger partial charge in [-0.3, -0.25) is 4.79 Å². The number of aryl methyl sites for hydroxylation is 1. The average Bonchev–Trinajstić information content (AvgIpc) is 2.73. The van der Waals surface area contributed by atoms with Gasteiger partial charge >= 0.3 is 5.97 Å². The zero-order chi connectivity index (χ0) is 11.1. The fraction of sp³-hybridized carbons (Fsp3) is 0.250. The van der Waals surface area contributed by atoms with Gasteiger partial charge in [0.25, 0.3) is 0 Å². The monoisotopic (exact) mass is 218 g/mol. The van der Waals surface area contributed by atoms with E-state index in [-0.39, 0.29) is 5.97 Å². The van der Waals surface area contributed by atoms with Gasteiger partial charge in [0.2, 0.25) is 5.75 Å². The van der Waals surface area contributed by atoms with E-state index in [1.165, 1.54) is 0 Å². The van der Waals surface area contributed by atoms with E-state index in [2.05, 4.69) is 0 Å². The highest BCUT2D eigenvalue weighted by atomic mass is 16.6. The predicted octanol–water partition coefficient (Wildman–Crippen LogP) is 2.29. The number of rotatable bonds is 1. The minimum Gasteiger partial charge on any atom is -0.490 e. The number of carbonyl (C=O) groups is 1. The zero-order valence-corrected chi connectivity index (χ0v) is 8.78. The first-order valence-corrected chi connectivity index (χ1v) is 5.07. The van der Waals surface area contributed by atoms with E-state index in [0.29, 0.717) is 29.9 Å². The lowest BCUT2D eigenvalue weighted by molar-refractivity contribution is -0.135. The third-order valence-corrected chi connectivity index (χ3v) is 2.75. The van der Waals surface area contributed by atoms with Crippen LogP contribution in [0.15, 0.2) is 22.8 Å². The molecule has 0 N–H and O–H groups in total. The highest BCUT2D eigenvalue weighted by Gasteiger charge is 2.24. The number of hydrogen-bond acceptors (Lipinski definition) is 4. The second kappa shape index (κ2) is 3.27. The predicted molar refractivity (Wildman–Crippen MR) is 56.7 cm³/mol. The van der Waals surface area contributed by atoms with Crippen LogP contribution in [0.5, 0.6) is 11.5 Å². The van der Waals surface area contributed by atoms with Gasteiger partial charge in [-0.25, -0.2) is 0 Å². The van der Waals surface area contributed by atoms with E-state index in [9.17, 15) is 4.79 Å². The summed E-state index contributed by atoms with van der Waals surface area (Å²) in [7, 11) is 1.54. The van der Waals surface area contributed by atoms with Crippen LogP contribution in [-0.4, -0.2) is 13.1 Å². The molecule has 0 amide bonds. The number of methoxy groups -OCH3 is 1. The second-order valence-electron chi connectivity index (χ2n) is 3.71. The number of hydrogen-bond donors (Lipinski definition) is 0. The molecule has 1 aliphatic heterocycles. The Balaban J connectivity index is 2.32. The Morgan fingerprint density at radius 3 is 3.06 bits per heavy atom. The molecule has 0 aliphatic carbocycles. The molecule has 0 saturated carbocycles. The summed E-state index contributed by atoms with van der Waals surface area (Å²) in [5.74, 6) is 0.781. The highest BCUT2D eigenvalue weighted by Crippen LogP contribution is 2.41. The van der Waals surface area contributed by atoms with E-state index >= 15 is 0 Å². The number of fused-ring (bicyclic) bond motifs is 2. The van der Waals surface area contributed by atoms with Gasteiger partial charge in [0.1, 0.15) is 0 Å². The summed E-state index contributed by atoms with van der Waals surface area (Å²) in [6.45, 7) is 0. The van der Waals surface area contributed by atoms with Crippen molar-refractivity contribution in [1.29, 1.82) is 0 Å². The first-order chi connectivity index (χ1) is 7.79. The Kier molecular flexibility index (Phi) is 1.89. The van der Waals surface area contributed by atoms with Crippen molar-refractivity contribution < 1.29 is 18.7 Å². The lowest BCUT2D eigenvalue weighted by Crippen LogP contribution is -2.16. The van der Waals surface area contributed by atoms with Crippen LogP contribution in [0, 0.1) is 0 Å². The van der Waals surface area contributed by atoms with Crippen LogP contribution in [-0.2, 0) is 11.2 Å². The molecule has 1 aromatic heterocycles. The maximum atomic E-state index is 11.3. The molecule has 16 heavy (non-hydrogen) atoms. The maximum absolute atomic E-state index is 11.3. The van der Waals surface area contributed by atoms with Gasteiger partial charge in [0, 0.05) is 10.9 Å². The van der Waals surface area contributed by atoms with Crippen LogP contribution < -0.4 is 9.47 Å². The van der Waals surface area contributed by atoms with Gasteiger partial charge in [-0.2, -0.15) is 0 Å². The maximum Gasteiger partial charge on any atom is 0.311 e. The lowest BCUT2D eigenvalue weighted by Gasteiger charge is -2.18. The Morgan fingerprint density at radius 1 is 1.38 bits per heavy atom. The molecule has 2 aromatic rings. The van der Waals surface area contributed by atoms with Crippen molar-refractivity contribution in [2.75, 3.05) is 7.11 Å². The molecular weight excluding hydrogens is 208 g/mol. The summed E-state index contributed by atoms with van der Waals surface area (Å²) in [4.78, 5) is 11.3. The zero-order valence-electron chi connectivity index (χ0n) is 8.78. The van der Waals surface area contributed by atoms with Crippen molar-refractivity contribution in [1.82, 2.24) is 0 Å². The van der Waals surface area contributed by atoms with Crippen LogP contribution in [0.3, 0.4) is 0 Å². The minimum absolute atomic E-state index is 0.225. The quantitative estimate of drug-likeness (QED) is 0.544. The molecule has 0 atom stereocenters. The fourth-order valence-corrected chi connectivity index (χ4v) is 2.00. The Labute approximate surface area is 91.7 Å². The summed E-state index contributed by atoms with van der Waals surface area (Å²) in [5, 5.41) is 0.966.